The molecule has 10 heteroatoms. The van der Waals surface area contributed by atoms with Crippen LogP contribution in [0.4, 0.5) is 5.69 Å². The largest absolute Gasteiger partial charge is 0.463 e. The van der Waals surface area contributed by atoms with Crippen LogP contribution < -0.4 is 4.31 Å². The molecule has 0 spiro atoms. The zero-order valence-electron chi connectivity index (χ0n) is 17.1. The van der Waals surface area contributed by atoms with E-state index >= 15 is 0 Å². The van der Waals surface area contributed by atoms with Gasteiger partial charge >= 0.3 is 5.97 Å². The van der Waals surface area contributed by atoms with Gasteiger partial charge < -0.3 is 9.15 Å². The molecular weight excluding hydrogens is 420 g/mol. The Morgan fingerprint density at radius 1 is 1.06 bits per heavy atom. The van der Waals surface area contributed by atoms with Gasteiger partial charge in [-0.15, -0.1) is 10.2 Å². The lowest BCUT2D eigenvalue weighted by molar-refractivity contribution is 0.0563. The highest BCUT2D eigenvalue weighted by Gasteiger charge is 2.27. The van der Waals surface area contributed by atoms with Gasteiger partial charge in [-0.25, -0.2) is 13.2 Å². The molecular formula is C21H20N4O5S. The second-order valence-electron chi connectivity index (χ2n) is 6.94. The fourth-order valence-electron chi connectivity index (χ4n) is 3.11. The van der Waals surface area contributed by atoms with Crippen LogP contribution in [0.2, 0.25) is 0 Å². The summed E-state index contributed by atoms with van der Waals surface area (Å²) < 4.78 is 40.3. The highest BCUT2D eigenvalue weighted by atomic mass is 32.2. The number of rotatable bonds is 6. The van der Waals surface area contributed by atoms with Crippen LogP contribution in [0.3, 0.4) is 0 Å². The highest BCUT2D eigenvalue weighted by Crippen LogP contribution is 2.27. The molecule has 0 saturated carbocycles. The summed E-state index contributed by atoms with van der Waals surface area (Å²) in [6.45, 7) is 3.55. The highest BCUT2D eigenvalue weighted by molar-refractivity contribution is 7.92. The third-order valence-corrected chi connectivity index (χ3v) is 6.56. The van der Waals surface area contributed by atoms with E-state index in [0.29, 0.717) is 22.9 Å². The number of aryl methyl sites for hydroxylation is 2. The van der Waals surface area contributed by atoms with Crippen LogP contribution in [0.1, 0.15) is 27.7 Å². The summed E-state index contributed by atoms with van der Waals surface area (Å²) in [7, 11) is -2.74. The molecule has 0 aliphatic heterocycles. The van der Waals surface area contributed by atoms with Crippen LogP contribution in [-0.2, 0) is 21.3 Å². The van der Waals surface area contributed by atoms with Gasteiger partial charge in [0.2, 0.25) is 5.76 Å². The molecule has 4 rings (SSSR count). The number of furan rings is 1. The lowest BCUT2D eigenvalue weighted by atomic mass is 10.2. The van der Waals surface area contributed by atoms with Crippen LogP contribution in [0.5, 0.6) is 0 Å². The van der Waals surface area contributed by atoms with Crippen molar-refractivity contribution in [1.82, 2.24) is 14.6 Å². The monoisotopic (exact) mass is 440 g/mol. The Morgan fingerprint density at radius 2 is 1.81 bits per heavy atom. The van der Waals surface area contributed by atoms with Gasteiger partial charge in [0.05, 0.1) is 19.3 Å². The fraction of sp³-hybridized carbons (Fsp3) is 0.190. The summed E-state index contributed by atoms with van der Waals surface area (Å²) in [5.41, 5.74) is 2.00. The molecule has 0 saturated heterocycles. The third-order valence-electron chi connectivity index (χ3n) is 4.80. The average molecular weight is 440 g/mol. The maximum atomic E-state index is 13.6. The number of methoxy groups -OCH3 is 1. The minimum Gasteiger partial charge on any atom is -0.463 e. The third kappa shape index (κ3) is 3.89. The van der Waals surface area contributed by atoms with Gasteiger partial charge in [-0.1, -0.05) is 17.7 Å². The Kier molecular flexibility index (Phi) is 5.24. The molecule has 0 aliphatic carbocycles. The molecule has 3 heterocycles. The topological polar surface area (TPSA) is 107 Å². The molecule has 0 bridgehead atoms. The second-order valence-corrected chi connectivity index (χ2v) is 8.81. The first-order valence-electron chi connectivity index (χ1n) is 9.37. The molecule has 0 fully saturated rings. The number of pyridine rings is 1. The molecule has 3 aromatic heterocycles. The van der Waals surface area contributed by atoms with Crippen LogP contribution in [0.25, 0.3) is 5.65 Å². The summed E-state index contributed by atoms with van der Waals surface area (Å²) >= 11 is 0. The van der Waals surface area contributed by atoms with Crippen molar-refractivity contribution in [3.63, 3.8) is 0 Å². The first-order chi connectivity index (χ1) is 14.8. The van der Waals surface area contributed by atoms with Gasteiger partial charge in [-0.3, -0.25) is 8.71 Å². The molecule has 0 radical (unpaired) electrons. The number of hydrogen-bond donors (Lipinski definition) is 0. The number of fused-ring (bicyclic) bond motifs is 1. The Bertz CT molecular complexity index is 1360. The first kappa shape index (κ1) is 20.6. The number of esters is 1. The van der Waals surface area contributed by atoms with Crippen molar-refractivity contribution in [2.45, 2.75) is 25.3 Å². The quantitative estimate of drug-likeness (QED) is 0.424. The van der Waals surface area contributed by atoms with E-state index in [1.54, 1.807) is 35.6 Å². The van der Waals surface area contributed by atoms with Gasteiger partial charge in [0, 0.05) is 6.20 Å². The standard InChI is InChI=1S/C21H20N4O5S/c1-14-4-6-16(7-5-14)25(12-17-8-10-19(30-17)21(26)29-3)31(27,28)18-9-11-20-23-22-15(2)24(20)13-18/h4-11,13H,12H2,1-3H3. The van der Waals surface area contributed by atoms with Crippen molar-refractivity contribution in [3.05, 3.63) is 77.6 Å². The maximum absolute atomic E-state index is 13.6. The van der Waals surface area contributed by atoms with Gasteiger partial charge in [-0.05, 0) is 50.2 Å². The van der Waals surface area contributed by atoms with E-state index in [-0.39, 0.29) is 17.2 Å². The molecule has 0 N–H and O–H groups in total. The first-order valence-corrected chi connectivity index (χ1v) is 10.8. The summed E-state index contributed by atoms with van der Waals surface area (Å²) in [6, 6.07) is 13.2. The second kappa shape index (κ2) is 7.88. The van der Waals surface area contributed by atoms with E-state index in [1.165, 1.54) is 29.7 Å². The predicted molar refractivity (Wildman–Crippen MR) is 112 cm³/mol. The normalized spacial score (nSPS) is 11.6. The Labute approximate surface area is 178 Å². The van der Waals surface area contributed by atoms with Crippen LogP contribution >= 0.6 is 0 Å². The zero-order chi connectivity index (χ0) is 22.2. The molecule has 0 atom stereocenters. The number of sulfonamides is 1. The molecule has 1 aromatic carbocycles. The summed E-state index contributed by atoms with van der Waals surface area (Å²) in [5.74, 6) is 0.235. The van der Waals surface area contributed by atoms with E-state index in [2.05, 4.69) is 14.9 Å². The number of carbonyl (C=O) groups is 1. The SMILES string of the molecule is COC(=O)c1ccc(CN(c2ccc(C)cc2)S(=O)(=O)c2ccc3nnc(C)n3c2)o1. The molecule has 9 nitrogen and oxygen atoms in total. The van der Waals surface area contributed by atoms with Crippen molar-refractivity contribution < 1.29 is 22.4 Å². The summed E-state index contributed by atoms with van der Waals surface area (Å²) in [5, 5.41) is 7.97. The molecule has 0 aliphatic rings. The molecule has 0 amide bonds. The van der Waals surface area contributed by atoms with E-state index < -0.39 is 16.0 Å². The van der Waals surface area contributed by atoms with E-state index in [0.717, 1.165) is 5.56 Å². The van der Waals surface area contributed by atoms with Crippen molar-refractivity contribution >= 4 is 27.3 Å². The number of benzene rings is 1. The van der Waals surface area contributed by atoms with Crippen LogP contribution in [-0.4, -0.2) is 36.1 Å². The van der Waals surface area contributed by atoms with E-state index in [4.69, 9.17) is 4.42 Å². The minimum absolute atomic E-state index is 0.000267. The number of carbonyl (C=O) groups excluding carboxylic acids is 1. The average Bonchev–Trinajstić information content (AvgIpc) is 3.39. The number of anilines is 1. The predicted octanol–water partition coefficient (Wildman–Crippen LogP) is 3.12. The van der Waals surface area contributed by atoms with Crippen molar-refractivity contribution in [2.75, 3.05) is 11.4 Å². The number of ether oxygens (including phenoxy) is 1. The number of nitrogens with zero attached hydrogens (tertiary/aromatic N) is 4. The number of aromatic nitrogens is 3. The summed E-state index contributed by atoms with van der Waals surface area (Å²) in [6.07, 6.45) is 1.49. The van der Waals surface area contributed by atoms with Gasteiger partial charge in [0.25, 0.3) is 10.0 Å². The van der Waals surface area contributed by atoms with Crippen molar-refractivity contribution in [2.24, 2.45) is 0 Å². The van der Waals surface area contributed by atoms with Crippen molar-refractivity contribution in [1.29, 1.82) is 0 Å². The Hall–Kier alpha value is -3.66. The van der Waals surface area contributed by atoms with Crippen molar-refractivity contribution in [3.8, 4) is 0 Å². The lowest BCUT2D eigenvalue weighted by Crippen LogP contribution is -2.30. The minimum atomic E-state index is -3.99. The van der Waals surface area contributed by atoms with Gasteiger partial charge in [0.1, 0.15) is 16.5 Å². The molecule has 160 valence electrons. The maximum Gasteiger partial charge on any atom is 0.373 e. The number of hydrogen-bond acceptors (Lipinski definition) is 7. The fourth-order valence-corrected chi connectivity index (χ4v) is 4.54. The van der Waals surface area contributed by atoms with Crippen LogP contribution in [0.15, 0.2) is 64.0 Å². The Balaban J connectivity index is 1.78. The molecule has 31 heavy (non-hydrogen) atoms. The van der Waals surface area contributed by atoms with Crippen LogP contribution in [0, 0.1) is 13.8 Å². The molecule has 4 aromatic rings. The van der Waals surface area contributed by atoms with E-state index in [9.17, 15) is 13.2 Å². The van der Waals surface area contributed by atoms with E-state index in [1.807, 2.05) is 19.1 Å². The lowest BCUT2D eigenvalue weighted by Gasteiger charge is -2.24. The Morgan fingerprint density at radius 3 is 2.52 bits per heavy atom. The summed E-state index contributed by atoms with van der Waals surface area (Å²) in [4.78, 5) is 11.8. The van der Waals surface area contributed by atoms with Gasteiger partial charge in [0.15, 0.2) is 5.65 Å². The van der Waals surface area contributed by atoms with Gasteiger partial charge in [-0.2, -0.15) is 0 Å². The smallest absolute Gasteiger partial charge is 0.373 e. The molecule has 0 unspecified atom stereocenters. The zero-order valence-corrected chi connectivity index (χ0v) is 18.0.